The number of aliphatic carboxylic acids is 2. The van der Waals surface area contributed by atoms with E-state index < -0.39 is 11.9 Å². The van der Waals surface area contributed by atoms with Gasteiger partial charge in [0.05, 0.1) is 38.6 Å². The molecule has 8 aromatic carbocycles. The fourth-order valence-electron chi connectivity index (χ4n) is 12.4. The molecule has 10 heterocycles. The van der Waals surface area contributed by atoms with Gasteiger partial charge in [-0.05, 0) is 126 Å². The van der Waals surface area contributed by atoms with E-state index in [2.05, 4.69) is 192 Å². The van der Waals surface area contributed by atoms with Gasteiger partial charge in [0.25, 0.3) is 11.9 Å². The van der Waals surface area contributed by atoms with E-state index in [1.165, 1.54) is 21.7 Å². The molecule has 0 aliphatic heterocycles. The van der Waals surface area contributed by atoms with Crippen LogP contribution in [0.25, 0.3) is 132 Å². The molecule has 18 aromatic rings. The topological polar surface area (TPSA) is 163 Å². The van der Waals surface area contributed by atoms with Gasteiger partial charge in [0, 0.05) is 126 Å². The molecule has 10 aromatic heterocycles. The van der Waals surface area contributed by atoms with Crippen molar-refractivity contribution in [1.82, 2.24) is 37.9 Å². The van der Waals surface area contributed by atoms with Crippen LogP contribution in [-0.4, -0.2) is 60.0 Å². The number of nitrogens with zero attached hydrogens (tertiary/aromatic N) is 8. The van der Waals surface area contributed by atoms with Gasteiger partial charge in [0.15, 0.2) is 0 Å². The number of para-hydroxylation sites is 4. The summed E-state index contributed by atoms with van der Waals surface area (Å²) in [5.41, 5.74) is 12.7. The van der Waals surface area contributed by atoms with Crippen molar-refractivity contribution < 1.29 is 70.1 Å². The molecular weight excluding hydrogens is 1330 g/mol. The predicted molar refractivity (Wildman–Crippen MR) is 357 cm³/mol. The van der Waals surface area contributed by atoms with Gasteiger partial charge in [-0.15, -0.1) is 29.0 Å². The van der Waals surface area contributed by atoms with Gasteiger partial charge in [0.1, 0.15) is 23.1 Å². The molecule has 0 spiro atoms. The maximum Gasteiger partial charge on any atom is 2.00 e. The number of ether oxygens (including phenoxy) is 2. The van der Waals surface area contributed by atoms with Crippen molar-refractivity contribution in [3.05, 3.63) is 267 Å². The number of aromatic nitrogens is 8. The summed E-state index contributed by atoms with van der Waals surface area (Å²) in [6, 6.07) is 86.2. The Labute approximate surface area is 552 Å². The van der Waals surface area contributed by atoms with Gasteiger partial charge >= 0.3 is 20.4 Å². The summed E-state index contributed by atoms with van der Waals surface area (Å²) < 4.78 is 21.9. The van der Waals surface area contributed by atoms with E-state index in [-0.39, 0.29) is 40.8 Å². The van der Waals surface area contributed by atoms with E-state index in [9.17, 15) is 0 Å². The van der Waals surface area contributed by atoms with Gasteiger partial charge in [-0.2, -0.15) is 6.07 Å². The van der Waals surface area contributed by atoms with E-state index >= 15 is 0 Å². The van der Waals surface area contributed by atoms with Crippen LogP contribution in [0.2, 0.25) is 0 Å². The van der Waals surface area contributed by atoms with E-state index in [0.29, 0.717) is 11.5 Å². The van der Waals surface area contributed by atoms with Crippen molar-refractivity contribution >= 4 is 132 Å². The monoisotopic (exact) mass is 1380 g/mol. The number of hydrogen-bond acceptors (Lipinski definition) is 8. The summed E-state index contributed by atoms with van der Waals surface area (Å²) in [7, 11) is 0. The van der Waals surface area contributed by atoms with Gasteiger partial charge in [-0.1, -0.05) is 108 Å². The van der Waals surface area contributed by atoms with Crippen LogP contribution in [0.3, 0.4) is 0 Å². The number of carboxylic acid groups (broad SMARTS) is 2. The molecule has 0 unspecified atom stereocenters. The van der Waals surface area contributed by atoms with Crippen LogP contribution in [0.15, 0.2) is 255 Å². The molecule has 0 saturated heterocycles. The standard InChI is InChI=1S/C36H22N4O.C36H20N4O.2C2H4O2.2Pd/c2*1-3-10-30-23(8-1)20-33-28-17-14-24(21-29(28)36-32(39(30)33)12-7-19-38-36)41-25-15-16-27-26-9-2-4-11-31(26)40(34(27)22-25)35-13-5-6-18-37-35;2*1-2(3)4;;/h1-22H;1-20H;2*1H3,(H,3,4);;/q;-2;;;;+2. The molecule has 0 amide bonds. The first-order valence-electron chi connectivity index (χ1n) is 29.0. The van der Waals surface area contributed by atoms with E-state index in [1.807, 2.05) is 104 Å². The maximum absolute atomic E-state index is 9.00. The Balaban J connectivity index is 0.000000148. The number of pyridine rings is 6. The van der Waals surface area contributed by atoms with Gasteiger partial charge in [0.2, 0.25) is 0 Å². The van der Waals surface area contributed by atoms with Crippen molar-refractivity contribution in [3.8, 4) is 34.6 Å². The Hall–Kier alpha value is -11.1. The molecule has 16 heteroatoms. The molecule has 450 valence electrons. The van der Waals surface area contributed by atoms with Crippen LogP contribution in [0, 0.1) is 12.1 Å². The number of benzene rings is 8. The quantitative estimate of drug-likeness (QED) is 0.0930. The van der Waals surface area contributed by atoms with Crippen LogP contribution in [0.4, 0.5) is 0 Å². The fourth-order valence-corrected chi connectivity index (χ4v) is 12.4. The smallest absolute Gasteiger partial charge is 0.503 e. The average Bonchev–Trinajstić information content (AvgIpc) is 1.47. The zero-order chi connectivity index (χ0) is 61.0. The zero-order valence-electron chi connectivity index (χ0n) is 49.0. The number of hydrogen-bond donors (Lipinski definition) is 2. The third-order valence-corrected chi connectivity index (χ3v) is 15.8. The number of carbonyl (C=O) groups is 2. The minimum absolute atomic E-state index is 0. The third-order valence-electron chi connectivity index (χ3n) is 15.8. The van der Waals surface area contributed by atoms with Gasteiger partial charge < -0.3 is 38.0 Å². The summed E-state index contributed by atoms with van der Waals surface area (Å²) in [5, 5.41) is 26.0. The van der Waals surface area contributed by atoms with E-state index in [1.54, 1.807) is 0 Å². The molecule has 14 nitrogen and oxygen atoms in total. The second-order valence-electron chi connectivity index (χ2n) is 21.5. The molecular formula is C76H50N8O6Pd2. The van der Waals surface area contributed by atoms with E-state index in [4.69, 9.17) is 39.2 Å². The molecule has 0 aliphatic carbocycles. The maximum atomic E-state index is 9.00. The van der Waals surface area contributed by atoms with Crippen LogP contribution in [0.5, 0.6) is 23.0 Å². The van der Waals surface area contributed by atoms with Gasteiger partial charge in [-0.3, -0.25) is 19.1 Å². The minimum Gasteiger partial charge on any atom is -0.503 e. The Kier molecular flexibility index (Phi) is 16.3. The Morgan fingerprint density at radius 1 is 0.370 bits per heavy atom. The SMILES string of the molecule is CC(=O)O.CC(=O)O.[Pd+2].[Pd].[c-]1c(Oc2[c-]c3c(cc2)c2ccccc2n3-c2ccccn2)ccc2c1c1ncccc1n1c3ccccc3cc21.c1ccc(-n2c3ccccc3c3ccc(Oc4ccc5c(c4)c4ncccc4n4c6ccccc6cc54)cc32)nc1. The number of carboxylic acids is 2. The first-order valence-corrected chi connectivity index (χ1v) is 29.0. The summed E-state index contributed by atoms with van der Waals surface area (Å²) >= 11 is 0. The Bertz CT molecular complexity index is 5500. The summed E-state index contributed by atoms with van der Waals surface area (Å²) in [5.74, 6) is 2.81. The van der Waals surface area contributed by atoms with E-state index in [0.717, 1.165) is 135 Å². The van der Waals surface area contributed by atoms with Crippen molar-refractivity contribution in [2.75, 3.05) is 0 Å². The van der Waals surface area contributed by atoms with Crippen molar-refractivity contribution in [1.29, 1.82) is 0 Å². The molecule has 0 radical (unpaired) electrons. The molecule has 92 heavy (non-hydrogen) atoms. The Morgan fingerprint density at radius 2 is 0.804 bits per heavy atom. The second kappa shape index (κ2) is 25.1. The first kappa shape index (κ1) is 59.8. The molecule has 18 rings (SSSR count). The van der Waals surface area contributed by atoms with Gasteiger partial charge in [-0.25, -0.2) is 9.97 Å². The fraction of sp³-hybridized carbons (Fsp3) is 0.0263. The van der Waals surface area contributed by atoms with Crippen LogP contribution < -0.4 is 9.47 Å². The predicted octanol–water partition coefficient (Wildman–Crippen LogP) is 17.9. The number of rotatable bonds is 6. The van der Waals surface area contributed by atoms with Crippen LogP contribution >= 0.6 is 0 Å². The molecule has 0 fully saturated rings. The van der Waals surface area contributed by atoms with Crippen molar-refractivity contribution in [2.24, 2.45) is 0 Å². The number of fused-ring (bicyclic) bond motifs is 22. The normalized spacial score (nSPS) is 11.2. The summed E-state index contributed by atoms with van der Waals surface area (Å²) in [6.45, 7) is 2.17. The molecule has 0 aliphatic rings. The molecule has 0 bridgehead atoms. The van der Waals surface area contributed by atoms with Crippen LogP contribution in [-0.2, 0) is 50.4 Å². The second-order valence-corrected chi connectivity index (χ2v) is 21.5. The average molecular weight is 1380 g/mol. The summed E-state index contributed by atoms with van der Waals surface area (Å²) in [6.07, 6.45) is 7.33. The van der Waals surface area contributed by atoms with Crippen LogP contribution in [0.1, 0.15) is 13.8 Å². The molecule has 2 N–H and O–H groups in total. The Morgan fingerprint density at radius 3 is 1.41 bits per heavy atom. The first-order chi connectivity index (χ1) is 44.1. The minimum atomic E-state index is -0.833. The largest absolute Gasteiger partial charge is 2.00 e. The zero-order valence-corrected chi connectivity index (χ0v) is 52.1. The molecule has 0 saturated carbocycles. The van der Waals surface area contributed by atoms with Crippen molar-refractivity contribution in [2.45, 2.75) is 13.8 Å². The third kappa shape index (κ3) is 10.8. The van der Waals surface area contributed by atoms with Crippen molar-refractivity contribution in [3.63, 3.8) is 0 Å². The summed E-state index contributed by atoms with van der Waals surface area (Å²) in [4.78, 5) is 36.9. The molecule has 0 atom stereocenters.